The molecule has 0 aromatic heterocycles. The van der Waals surface area contributed by atoms with Crippen LogP contribution in [0.5, 0.6) is 11.5 Å². The lowest BCUT2D eigenvalue weighted by Crippen LogP contribution is -2.51. The van der Waals surface area contributed by atoms with Crippen LogP contribution in [-0.2, 0) is 9.59 Å². The van der Waals surface area contributed by atoms with Crippen molar-refractivity contribution >= 4 is 35.3 Å². The highest BCUT2D eigenvalue weighted by Gasteiger charge is 2.42. The number of nitrogens with zero attached hydrogens (tertiary/aromatic N) is 2. The van der Waals surface area contributed by atoms with Crippen LogP contribution in [0.25, 0.3) is 0 Å². The Morgan fingerprint density at radius 2 is 1.18 bits per heavy atom. The van der Waals surface area contributed by atoms with Gasteiger partial charge in [0.2, 0.25) is 0 Å². The van der Waals surface area contributed by atoms with Crippen molar-refractivity contribution in [3.8, 4) is 11.5 Å². The van der Waals surface area contributed by atoms with Gasteiger partial charge in [-0.15, -0.1) is 0 Å². The molecule has 0 saturated carbocycles. The van der Waals surface area contributed by atoms with Crippen LogP contribution in [0.2, 0.25) is 0 Å². The van der Waals surface area contributed by atoms with E-state index in [1.807, 2.05) is 42.3 Å². The van der Waals surface area contributed by atoms with Gasteiger partial charge in [-0.3, -0.25) is 9.59 Å². The summed E-state index contributed by atoms with van der Waals surface area (Å²) in [6.07, 6.45) is 3.50. The van der Waals surface area contributed by atoms with E-state index in [0.717, 1.165) is 76.1 Å². The summed E-state index contributed by atoms with van der Waals surface area (Å²) in [5.41, 5.74) is 0.911. The van der Waals surface area contributed by atoms with Gasteiger partial charge in [-0.25, -0.2) is 17.6 Å². The minimum atomic E-state index is -0.973. The lowest BCUT2D eigenvalue weighted by molar-refractivity contribution is -0.140. The summed E-state index contributed by atoms with van der Waals surface area (Å²) in [6.45, 7) is 8.55. The van der Waals surface area contributed by atoms with E-state index in [0.29, 0.717) is 10.8 Å². The third-order valence-electron chi connectivity index (χ3n) is 8.75. The van der Waals surface area contributed by atoms with Gasteiger partial charge in [-0.05, 0) is 90.7 Å². The molecule has 0 N–H and O–H groups in total. The fourth-order valence-electron chi connectivity index (χ4n) is 5.66. The number of carbonyl (C=O) groups excluding carboxylic acids is 2. The third-order valence-corrected chi connectivity index (χ3v) is 12.0. The lowest BCUT2D eigenvalue weighted by atomic mass is 9.81. The molecule has 4 aliphatic rings. The Morgan fingerprint density at radius 1 is 0.733 bits per heavy atom. The van der Waals surface area contributed by atoms with Gasteiger partial charge in [0.25, 0.3) is 11.8 Å². The smallest absolute Gasteiger partial charge is 0.263 e. The number of piperidine rings is 2. The number of hydrogen-bond acceptors (Lipinski definition) is 6. The van der Waals surface area contributed by atoms with Gasteiger partial charge in [0.15, 0.2) is 36.0 Å². The zero-order valence-corrected chi connectivity index (χ0v) is 27.7. The number of carbonyl (C=O) groups is 2. The number of ether oxygens (including phenoxy) is 2. The molecule has 2 amide bonds. The Hall–Kier alpha value is -2.60. The molecule has 6 nitrogen and oxygen atoms in total. The first-order valence-corrected chi connectivity index (χ1v) is 17.8. The normalized spacial score (nSPS) is 20.0. The van der Waals surface area contributed by atoms with Crippen molar-refractivity contribution in [3.63, 3.8) is 0 Å². The minimum Gasteiger partial charge on any atom is -0.484 e. The maximum absolute atomic E-state index is 13.2. The minimum absolute atomic E-state index is 0.0911. The van der Waals surface area contributed by atoms with E-state index in [1.54, 1.807) is 11.8 Å². The van der Waals surface area contributed by atoms with Crippen molar-refractivity contribution in [2.75, 3.05) is 55.8 Å². The summed E-state index contributed by atoms with van der Waals surface area (Å²) in [5, 5.41) is 0. The van der Waals surface area contributed by atoms with Gasteiger partial charge in [-0.2, -0.15) is 23.5 Å². The molecule has 0 aliphatic carbocycles. The second-order valence-corrected chi connectivity index (χ2v) is 13.9. The molecule has 248 valence electrons. The molecule has 6 rings (SSSR count). The molecule has 4 saturated heterocycles. The molecular formula is C33H42F4N2O4S2. The number of likely N-dealkylation sites (tertiary alicyclic amines) is 2. The SMILES string of the molecule is CC.CC(Oc1ccc(F)c(F)c1)C(=O)N1CCC2(CC1)CSC2.O=C(COc1ccc(F)c(F)c1)N1CCC2(CC1)CSC2. The second-order valence-electron chi connectivity index (χ2n) is 11.9. The number of thioether (sulfide) groups is 2. The molecule has 2 aromatic carbocycles. The molecule has 1 atom stereocenters. The molecule has 0 radical (unpaired) electrons. The first-order valence-electron chi connectivity index (χ1n) is 15.5. The summed E-state index contributed by atoms with van der Waals surface area (Å²) in [6, 6.07) is 6.57. The Kier molecular flexibility index (Phi) is 12.4. The van der Waals surface area contributed by atoms with Crippen LogP contribution >= 0.6 is 23.5 Å². The van der Waals surface area contributed by atoms with E-state index in [2.05, 4.69) is 0 Å². The van der Waals surface area contributed by atoms with Crippen LogP contribution in [0.3, 0.4) is 0 Å². The van der Waals surface area contributed by atoms with Crippen LogP contribution in [0.1, 0.15) is 46.5 Å². The molecular weight excluding hydrogens is 628 g/mol. The van der Waals surface area contributed by atoms with Gasteiger partial charge < -0.3 is 19.3 Å². The van der Waals surface area contributed by atoms with Gasteiger partial charge >= 0.3 is 0 Å². The number of halogens is 4. The van der Waals surface area contributed by atoms with E-state index in [4.69, 9.17) is 9.47 Å². The summed E-state index contributed by atoms with van der Waals surface area (Å²) in [5.74, 6) is 1.19. The van der Waals surface area contributed by atoms with Crippen molar-refractivity contribution in [3.05, 3.63) is 59.7 Å². The average Bonchev–Trinajstić information content (AvgIpc) is 3.02. The molecule has 1 unspecified atom stereocenters. The predicted molar refractivity (Wildman–Crippen MR) is 171 cm³/mol. The van der Waals surface area contributed by atoms with Crippen LogP contribution in [0.15, 0.2) is 36.4 Å². The van der Waals surface area contributed by atoms with Gasteiger partial charge in [0.05, 0.1) is 0 Å². The fraction of sp³-hybridized carbons (Fsp3) is 0.576. The molecule has 4 fully saturated rings. The molecule has 0 bridgehead atoms. The Bertz CT molecular complexity index is 1310. The Labute approximate surface area is 271 Å². The van der Waals surface area contributed by atoms with Crippen LogP contribution in [-0.4, -0.2) is 83.5 Å². The largest absolute Gasteiger partial charge is 0.484 e. The lowest BCUT2D eigenvalue weighted by Gasteiger charge is -2.47. The number of hydrogen-bond donors (Lipinski definition) is 0. The highest BCUT2D eigenvalue weighted by atomic mass is 32.2. The van der Waals surface area contributed by atoms with Crippen LogP contribution < -0.4 is 9.47 Å². The molecule has 2 spiro atoms. The zero-order valence-electron chi connectivity index (χ0n) is 26.1. The van der Waals surface area contributed by atoms with E-state index in [1.165, 1.54) is 35.1 Å². The highest BCUT2D eigenvalue weighted by molar-refractivity contribution is 8.00. The maximum atomic E-state index is 13.2. The van der Waals surface area contributed by atoms with Crippen molar-refractivity contribution in [2.45, 2.75) is 52.6 Å². The van der Waals surface area contributed by atoms with Crippen LogP contribution in [0.4, 0.5) is 17.6 Å². The van der Waals surface area contributed by atoms with Crippen molar-refractivity contribution in [1.82, 2.24) is 9.80 Å². The zero-order chi connectivity index (χ0) is 32.6. The predicted octanol–water partition coefficient (Wildman–Crippen LogP) is 6.81. The monoisotopic (exact) mass is 670 g/mol. The standard InChI is InChI=1S/C16H19F2NO2S.C15H17F2NO2S.C2H6/c1-11(21-12-2-3-13(17)14(18)8-12)15(20)19-6-4-16(5-7-19)9-22-10-16;16-12-2-1-11(7-13(12)17)20-8-14(19)18-5-3-15(4-6-18)9-21-10-15;1-2/h2-3,8,11H,4-7,9-10H2,1H3;1-2,7H,3-6,8-10H2;1-2H3. The van der Waals surface area contributed by atoms with Gasteiger partial charge in [0.1, 0.15) is 11.5 Å². The third kappa shape index (κ3) is 9.02. The second kappa shape index (κ2) is 15.8. The van der Waals surface area contributed by atoms with Crippen molar-refractivity contribution in [2.24, 2.45) is 10.8 Å². The van der Waals surface area contributed by atoms with E-state index < -0.39 is 29.4 Å². The van der Waals surface area contributed by atoms with Crippen LogP contribution in [0, 0.1) is 34.1 Å². The Balaban J connectivity index is 0.000000194. The van der Waals surface area contributed by atoms with E-state index in [9.17, 15) is 27.2 Å². The topological polar surface area (TPSA) is 59.1 Å². The highest BCUT2D eigenvalue weighted by Crippen LogP contribution is 2.46. The molecule has 2 aromatic rings. The summed E-state index contributed by atoms with van der Waals surface area (Å²) >= 11 is 3.94. The molecule has 45 heavy (non-hydrogen) atoms. The quantitative estimate of drug-likeness (QED) is 0.315. The molecule has 12 heteroatoms. The van der Waals surface area contributed by atoms with Gasteiger partial charge in [-0.1, -0.05) is 13.8 Å². The fourth-order valence-corrected chi connectivity index (χ4v) is 8.37. The first-order chi connectivity index (χ1) is 21.6. The summed E-state index contributed by atoms with van der Waals surface area (Å²) < 4.78 is 62.6. The van der Waals surface area contributed by atoms with E-state index >= 15 is 0 Å². The molecule has 4 heterocycles. The average molecular weight is 671 g/mol. The van der Waals surface area contributed by atoms with E-state index in [-0.39, 0.29) is 29.9 Å². The number of benzene rings is 2. The maximum Gasteiger partial charge on any atom is 0.263 e. The molecule has 4 aliphatic heterocycles. The summed E-state index contributed by atoms with van der Waals surface area (Å²) in [4.78, 5) is 28.1. The van der Waals surface area contributed by atoms with Gasteiger partial charge in [0, 0.05) is 38.3 Å². The number of rotatable bonds is 6. The summed E-state index contributed by atoms with van der Waals surface area (Å²) in [7, 11) is 0. The number of amides is 2. The van der Waals surface area contributed by atoms with Crippen molar-refractivity contribution in [1.29, 1.82) is 0 Å². The Morgan fingerprint density at radius 3 is 1.62 bits per heavy atom. The van der Waals surface area contributed by atoms with Crippen molar-refractivity contribution < 1.29 is 36.6 Å². The first kappa shape index (κ1) is 35.3.